The lowest BCUT2D eigenvalue weighted by Crippen LogP contribution is -2.55. The number of piperidine rings is 1. The van der Waals surface area contributed by atoms with E-state index >= 15 is 0 Å². The van der Waals surface area contributed by atoms with Crippen molar-refractivity contribution in [3.8, 4) is 17.2 Å². The van der Waals surface area contributed by atoms with E-state index in [1.54, 1.807) is 14.2 Å². The summed E-state index contributed by atoms with van der Waals surface area (Å²) in [5, 5.41) is 0.658. The van der Waals surface area contributed by atoms with Crippen LogP contribution in [0.1, 0.15) is 50.1 Å². The average molecular weight is 514 g/mol. The molecule has 2 aromatic carbocycles. The summed E-state index contributed by atoms with van der Waals surface area (Å²) >= 11 is 6.26. The number of hydrogen-bond donors (Lipinski definition) is 0. The zero-order valence-electron chi connectivity index (χ0n) is 21.8. The van der Waals surface area contributed by atoms with Crippen molar-refractivity contribution in [3.63, 3.8) is 0 Å². The first kappa shape index (κ1) is 25.5. The van der Waals surface area contributed by atoms with Crippen LogP contribution in [0.2, 0.25) is 5.02 Å². The molecule has 5 rings (SSSR count). The van der Waals surface area contributed by atoms with Gasteiger partial charge in [0.2, 0.25) is 0 Å². The van der Waals surface area contributed by atoms with Crippen molar-refractivity contribution in [2.24, 2.45) is 0 Å². The predicted molar refractivity (Wildman–Crippen MR) is 146 cm³/mol. The highest BCUT2D eigenvalue weighted by Crippen LogP contribution is 2.40. The van der Waals surface area contributed by atoms with Crippen LogP contribution in [0.25, 0.3) is 0 Å². The minimum Gasteiger partial charge on any atom is -0.495 e. The Balaban J connectivity index is 1.22. The van der Waals surface area contributed by atoms with E-state index in [1.165, 1.54) is 56.4 Å². The summed E-state index contributed by atoms with van der Waals surface area (Å²) in [6.45, 7) is 7.39. The van der Waals surface area contributed by atoms with Crippen LogP contribution < -0.4 is 19.1 Å². The van der Waals surface area contributed by atoms with Crippen LogP contribution in [0.3, 0.4) is 0 Å². The zero-order valence-corrected chi connectivity index (χ0v) is 22.5. The highest BCUT2D eigenvalue weighted by atomic mass is 35.5. The number of likely N-dealkylation sites (tertiary alicyclic amines) is 1. The molecule has 196 valence electrons. The molecule has 0 saturated carbocycles. The third kappa shape index (κ3) is 5.71. The van der Waals surface area contributed by atoms with Crippen LogP contribution in [0, 0.1) is 0 Å². The van der Waals surface area contributed by atoms with Gasteiger partial charge in [0.25, 0.3) is 0 Å². The van der Waals surface area contributed by atoms with Crippen LogP contribution in [-0.4, -0.2) is 75.9 Å². The second-order valence-electron chi connectivity index (χ2n) is 10.3. The molecule has 2 atom stereocenters. The third-order valence-electron chi connectivity index (χ3n) is 8.09. The lowest BCUT2D eigenvalue weighted by Gasteiger charge is -2.49. The number of ether oxygens (including phenoxy) is 3. The van der Waals surface area contributed by atoms with Crippen LogP contribution in [0.4, 0.5) is 5.69 Å². The summed E-state index contributed by atoms with van der Waals surface area (Å²) < 4.78 is 17.4. The van der Waals surface area contributed by atoms with Gasteiger partial charge in [0.05, 0.1) is 25.8 Å². The molecule has 0 unspecified atom stereocenters. The Morgan fingerprint density at radius 1 is 0.861 bits per heavy atom. The van der Waals surface area contributed by atoms with E-state index in [0.29, 0.717) is 17.1 Å². The van der Waals surface area contributed by atoms with Crippen molar-refractivity contribution in [3.05, 3.63) is 47.0 Å². The van der Waals surface area contributed by atoms with E-state index in [0.717, 1.165) is 56.5 Å². The number of piperazine rings is 1. The van der Waals surface area contributed by atoms with Gasteiger partial charge in [0.1, 0.15) is 5.75 Å². The molecule has 7 heteroatoms. The van der Waals surface area contributed by atoms with Crippen molar-refractivity contribution in [2.75, 3.05) is 65.0 Å². The van der Waals surface area contributed by atoms with E-state index < -0.39 is 0 Å². The van der Waals surface area contributed by atoms with Gasteiger partial charge in [0.15, 0.2) is 11.5 Å². The normalized spacial score (nSPS) is 22.9. The van der Waals surface area contributed by atoms with Crippen molar-refractivity contribution < 1.29 is 14.2 Å². The monoisotopic (exact) mass is 513 g/mol. The number of nitrogens with zero attached hydrogens (tertiary/aromatic N) is 3. The van der Waals surface area contributed by atoms with Crippen LogP contribution in [-0.2, 0) is 0 Å². The van der Waals surface area contributed by atoms with Crippen molar-refractivity contribution in [1.29, 1.82) is 0 Å². The van der Waals surface area contributed by atoms with Gasteiger partial charge in [-0.1, -0.05) is 17.7 Å². The summed E-state index contributed by atoms with van der Waals surface area (Å²) in [7, 11) is 3.42. The van der Waals surface area contributed by atoms with E-state index in [4.69, 9.17) is 25.8 Å². The average Bonchev–Trinajstić information content (AvgIpc) is 3.44. The SMILES string of the molecule is COc1cc(N2CCN3[C@@H](CCC[C@@H]3c3ccc(OCCCN4CCCC4)c(OC)c3)C2)ccc1Cl. The van der Waals surface area contributed by atoms with Gasteiger partial charge in [-0.05, 0) is 81.4 Å². The zero-order chi connectivity index (χ0) is 24.9. The fraction of sp³-hybridized carbons (Fsp3) is 0.586. The molecule has 3 saturated heterocycles. The number of methoxy groups -OCH3 is 2. The van der Waals surface area contributed by atoms with Gasteiger partial charge in [-0.25, -0.2) is 0 Å². The molecule has 36 heavy (non-hydrogen) atoms. The summed E-state index contributed by atoms with van der Waals surface area (Å²) in [6, 6.07) is 13.6. The van der Waals surface area contributed by atoms with E-state index in [2.05, 4.69) is 45.0 Å². The summed E-state index contributed by atoms with van der Waals surface area (Å²) in [5.41, 5.74) is 2.52. The lowest BCUT2D eigenvalue weighted by atomic mass is 9.89. The molecule has 0 radical (unpaired) electrons. The van der Waals surface area contributed by atoms with Crippen LogP contribution in [0.5, 0.6) is 17.2 Å². The minimum atomic E-state index is 0.420. The molecule has 3 fully saturated rings. The van der Waals surface area contributed by atoms with Gasteiger partial charge in [-0.3, -0.25) is 4.90 Å². The second kappa shape index (κ2) is 11.9. The minimum absolute atomic E-state index is 0.420. The van der Waals surface area contributed by atoms with Gasteiger partial charge >= 0.3 is 0 Å². The first-order valence-electron chi connectivity index (χ1n) is 13.5. The third-order valence-corrected chi connectivity index (χ3v) is 8.40. The van der Waals surface area contributed by atoms with Crippen molar-refractivity contribution in [2.45, 2.75) is 50.6 Å². The van der Waals surface area contributed by atoms with Crippen molar-refractivity contribution >= 4 is 17.3 Å². The van der Waals surface area contributed by atoms with Gasteiger partial charge < -0.3 is 24.0 Å². The molecule has 3 aliphatic rings. The highest BCUT2D eigenvalue weighted by Gasteiger charge is 2.36. The fourth-order valence-corrected chi connectivity index (χ4v) is 6.37. The molecule has 3 heterocycles. The first-order chi connectivity index (χ1) is 17.7. The highest BCUT2D eigenvalue weighted by molar-refractivity contribution is 6.32. The van der Waals surface area contributed by atoms with Crippen molar-refractivity contribution in [1.82, 2.24) is 9.80 Å². The molecule has 0 aliphatic carbocycles. The summed E-state index contributed by atoms with van der Waals surface area (Å²) in [6.07, 6.45) is 7.38. The van der Waals surface area contributed by atoms with E-state index in [-0.39, 0.29) is 0 Å². The fourth-order valence-electron chi connectivity index (χ4n) is 6.17. The molecule has 6 nitrogen and oxygen atoms in total. The Bertz CT molecular complexity index is 1010. The summed E-state index contributed by atoms with van der Waals surface area (Å²) in [5.74, 6) is 2.45. The molecule has 2 aromatic rings. The van der Waals surface area contributed by atoms with E-state index in [9.17, 15) is 0 Å². The summed E-state index contributed by atoms with van der Waals surface area (Å²) in [4.78, 5) is 7.72. The van der Waals surface area contributed by atoms with Gasteiger partial charge in [-0.2, -0.15) is 0 Å². The number of halogens is 1. The van der Waals surface area contributed by atoms with Gasteiger partial charge in [0, 0.05) is 50.0 Å². The van der Waals surface area contributed by atoms with Crippen LogP contribution in [0.15, 0.2) is 36.4 Å². The Morgan fingerprint density at radius 3 is 2.50 bits per heavy atom. The number of anilines is 1. The maximum atomic E-state index is 6.26. The van der Waals surface area contributed by atoms with Gasteiger partial charge in [-0.15, -0.1) is 0 Å². The van der Waals surface area contributed by atoms with Crippen LogP contribution >= 0.6 is 11.6 Å². The maximum absolute atomic E-state index is 6.26. The molecule has 0 amide bonds. The Morgan fingerprint density at radius 2 is 1.69 bits per heavy atom. The molecule has 0 bridgehead atoms. The Labute approximate surface area is 221 Å². The molecule has 3 aliphatic heterocycles. The predicted octanol–water partition coefficient (Wildman–Crippen LogP) is 5.64. The first-order valence-corrected chi connectivity index (χ1v) is 13.9. The molecule has 0 spiro atoms. The van der Waals surface area contributed by atoms with E-state index in [1.807, 2.05) is 6.07 Å². The molecular weight excluding hydrogens is 474 g/mol. The lowest BCUT2D eigenvalue weighted by molar-refractivity contribution is 0.0715. The largest absolute Gasteiger partial charge is 0.495 e. The number of fused-ring (bicyclic) bond motifs is 1. The smallest absolute Gasteiger partial charge is 0.161 e. The maximum Gasteiger partial charge on any atom is 0.161 e. The second-order valence-corrected chi connectivity index (χ2v) is 10.7. The standard InChI is InChI=1S/C29H40ClN3O3/c1-34-28-20-23(10-11-25(28)30)32-16-17-33-24(21-32)7-5-8-26(33)22-9-12-27(29(19-22)35-2)36-18-6-15-31-13-3-4-14-31/h9-12,19-20,24,26H,3-8,13-18,21H2,1-2H3/t24-,26+/m0/s1. The Kier molecular flexibility index (Phi) is 8.45. The topological polar surface area (TPSA) is 37.4 Å². The quantitative estimate of drug-likeness (QED) is 0.404. The molecule has 0 aromatic heterocycles. The number of hydrogen-bond acceptors (Lipinski definition) is 6. The Hall–Kier alpha value is -2.15. The molecular formula is C29H40ClN3O3. The number of benzene rings is 2. The molecule has 0 N–H and O–H groups in total. The number of rotatable bonds is 9.